The Labute approximate surface area is 102 Å². The third-order valence-electron chi connectivity index (χ3n) is 2.23. The Morgan fingerprint density at radius 1 is 1.47 bits per heavy atom. The van der Waals surface area contributed by atoms with E-state index < -0.39 is 15.7 Å². The van der Waals surface area contributed by atoms with E-state index >= 15 is 0 Å². The van der Waals surface area contributed by atoms with Crippen molar-refractivity contribution in [2.45, 2.75) is 6.54 Å². The molecule has 1 aromatic heterocycles. The fourth-order valence-corrected chi connectivity index (χ4v) is 2.04. The van der Waals surface area contributed by atoms with E-state index in [1.165, 1.54) is 16.8 Å². The number of aromatic nitrogens is 3. The van der Waals surface area contributed by atoms with Crippen LogP contribution >= 0.6 is 11.6 Å². The van der Waals surface area contributed by atoms with E-state index in [4.69, 9.17) is 11.6 Å². The Bertz CT molecular complexity index is 668. The van der Waals surface area contributed by atoms with E-state index in [9.17, 15) is 12.8 Å². The molecule has 1 aromatic carbocycles. The van der Waals surface area contributed by atoms with Gasteiger partial charge in [-0.2, -0.15) is 0 Å². The molecule has 0 spiro atoms. The van der Waals surface area contributed by atoms with Crippen LogP contribution in [0.1, 0.15) is 0 Å². The molecule has 0 saturated carbocycles. The van der Waals surface area contributed by atoms with Gasteiger partial charge in [-0.1, -0.05) is 16.8 Å². The quantitative estimate of drug-likeness (QED) is 0.847. The number of aryl methyl sites for hydroxylation is 1. The van der Waals surface area contributed by atoms with Crippen LogP contribution in [-0.4, -0.2) is 35.4 Å². The maximum absolute atomic E-state index is 13.3. The van der Waals surface area contributed by atoms with Crippen molar-refractivity contribution in [2.24, 2.45) is 0 Å². The van der Waals surface area contributed by atoms with Crippen LogP contribution in [0.5, 0.6) is 0 Å². The molecule has 0 N–H and O–H groups in total. The van der Waals surface area contributed by atoms with Gasteiger partial charge in [-0.05, 0) is 6.07 Å². The minimum atomic E-state index is -3.10. The summed E-state index contributed by atoms with van der Waals surface area (Å²) in [5.41, 5.74) is 0.862. The SMILES string of the molecule is CS(=O)(=O)CCn1nnc2cc(Cl)c(F)cc21. The zero-order valence-electron chi connectivity index (χ0n) is 8.89. The predicted molar refractivity (Wildman–Crippen MR) is 62.2 cm³/mol. The highest BCUT2D eigenvalue weighted by Crippen LogP contribution is 2.21. The highest BCUT2D eigenvalue weighted by molar-refractivity contribution is 7.90. The number of nitrogens with zero attached hydrogens (tertiary/aromatic N) is 3. The largest absolute Gasteiger partial charge is 0.244 e. The standard InChI is InChI=1S/C9H9ClFN3O2S/c1-17(15,16)3-2-14-9-5-7(11)6(10)4-8(9)12-13-14/h4-5H,2-3H2,1H3. The van der Waals surface area contributed by atoms with E-state index in [0.717, 1.165) is 6.26 Å². The smallest absolute Gasteiger partial charge is 0.149 e. The summed E-state index contributed by atoms with van der Waals surface area (Å²) in [6.07, 6.45) is 1.13. The molecule has 2 rings (SSSR count). The summed E-state index contributed by atoms with van der Waals surface area (Å²) in [7, 11) is -3.10. The zero-order chi connectivity index (χ0) is 12.6. The topological polar surface area (TPSA) is 64.8 Å². The Balaban J connectivity index is 2.39. The number of hydrogen-bond donors (Lipinski definition) is 0. The summed E-state index contributed by atoms with van der Waals surface area (Å²) in [6.45, 7) is 0.135. The van der Waals surface area contributed by atoms with Crippen molar-refractivity contribution in [1.82, 2.24) is 15.0 Å². The maximum atomic E-state index is 13.3. The molecule has 5 nitrogen and oxygen atoms in total. The summed E-state index contributed by atoms with van der Waals surface area (Å²) >= 11 is 5.60. The first-order valence-electron chi connectivity index (χ1n) is 4.73. The Kier molecular flexibility index (Phi) is 3.05. The molecule has 0 bridgehead atoms. The first-order chi connectivity index (χ1) is 7.87. The monoisotopic (exact) mass is 277 g/mol. The van der Waals surface area contributed by atoms with E-state index in [1.54, 1.807) is 0 Å². The van der Waals surface area contributed by atoms with Gasteiger partial charge in [0.05, 0.1) is 22.8 Å². The average Bonchev–Trinajstić information content (AvgIpc) is 2.57. The van der Waals surface area contributed by atoms with Crippen LogP contribution in [0.4, 0.5) is 4.39 Å². The Morgan fingerprint density at radius 2 is 2.18 bits per heavy atom. The molecular formula is C9H9ClFN3O2S. The van der Waals surface area contributed by atoms with Crippen LogP contribution in [-0.2, 0) is 16.4 Å². The number of hydrogen-bond acceptors (Lipinski definition) is 4. The van der Waals surface area contributed by atoms with Crippen LogP contribution in [0.25, 0.3) is 11.0 Å². The summed E-state index contributed by atoms with van der Waals surface area (Å²) in [5.74, 6) is -0.655. The number of sulfone groups is 1. The minimum Gasteiger partial charge on any atom is -0.244 e. The summed E-state index contributed by atoms with van der Waals surface area (Å²) in [4.78, 5) is 0. The van der Waals surface area contributed by atoms with Gasteiger partial charge >= 0.3 is 0 Å². The van der Waals surface area contributed by atoms with Gasteiger partial charge < -0.3 is 0 Å². The van der Waals surface area contributed by atoms with Crippen molar-refractivity contribution in [3.63, 3.8) is 0 Å². The van der Waals surface area contributed by atoms with Gasteiger partial charge in [0.15, 0.2) is 0 Å². The van der Waals surface area contributed by atoms with E-state index in [2.05, 4.69) is 10.3 Å². The molecular weight excluding hydrogens is 269 g/mol. The molecule has 0 aliphatic carbocycles. The molecule has 0 saturated heterocycles. The van der Waals surface area contributed by atoms with Gasteiger partial charge in [0, 0.05) is 12.3 Å². The second-order valence-electron chi connectivity index (χ2n) is 3.70. The average molecular weight is 278 g/mol. The molecule has 0 amide bonds. The van der Waals surface area contributed by atoms with Crippen molar-refractivity contribution in [2.75, 3.05) is 12.0 Å². The lowest BCUT2D eigenvalue weighted by molar-refractivity contribution is 0.584. The molecule has 2 aromatic rings. The number of benzene rings is 1. The van der Waals surface area contributed by atoms with Gasteiger partial charge in [0.2, 0.25) is 0 Å². The second-order valence-corrected chi connectivity index (χ2v) is 6.36. The van der Waals surface area contributed by atoms with Gasteiger partial charge in [-0.3, -0.25) is 0 Å². The van der Waals surface area contributed by atoms with E-state index in [0.29, 0.717) is 11.0 Å². The van der Waals surface area contributed by atoms with Crippen molar-refractivity contribution >= 4 is 32.5 Å². The van der Waals surface area contributed by atoms with Crippen LogP contribution in [0.3, 0.4) is 0 Å². The molecule has 17 heavy (non-hydrogen) atoms. The first kappa shape index (κ1) is 12.3. The zero-order valence-corrected chi connectivity index (χ0v) is 10.5. The maximum Gasteiger partial charge on any atom is 0.149 e. The van der Waals surface area contributed by atoms with E-state index in [-0.39, 0.29) is 17.3 Å². The summed E-state index contributed by atoms with van der Waals surface area (Å²) < 4.78 is 36.7. The third kappa shape index (κ3) is 2.73. The first-order valence-corrected chi connectivity index (χ1v) is 7.16. The van der Waals surface area contributed by atoms with Crippen LogP contribution < -0.4 is 0 Å². The van der Waals surface area contributed by atoms with Crippen LogP contribution in [0.2, 0.25) is 5.02 Å². The summed E-state index contributed by atoms with van der Waals surface area (Å²) in [5, 5.41) is 7.51. The van der Waals surface area contributed by atoms with E-state index in [1.807, 2.05) is 0 Å². The molecule has 0 aliphatic heterocycles. The predicted octanol–water partition coefficient (Wildman–Crippen LogP) is 1.27. The fourth-order valence-electron chi connectivity index (χ4n) is 1.38. The highest BCUT2D eigenvalue weighted by atomic mass is 35.5. The van der Waals surface area contributed by atoms with Crippen molar-refractivity contribution in [3.05, 3.63) is 23.0 Å². The number of halogens is 2. The Morgan fingerprint density at radius 3 is 2.82 bits per heavy atom. The molecule has 0 aliphatic rings. The Hall–Kier alpha value is -1.21. The van der Waals surface area contributed by atoms with Crippen LogP contribution in [0, 0.1) is 5.82 Å². The van der Waals surface area contributed by atoms with Gasteiger partial charge in [0.1, 0.15) is 21.2 Å². The number of rotatable bonds is 3. The van der Waals surface area contributed by atoms with Gasteiger partial charge in [-0.15, -0.1) is 5.10 Å². The van der Waals surface area contributed by atoms with Crippen molar-refractivity contribution in [1.29, 1.82) is 0 Å². The summed E-state index contributed by atoms with van der Waals surface area (Å²) in [6, 6.07) is 2.55. The lowest BCUT2D eigenvalue weighted by Crippen LogP contribution is -2.12. The van der Waals surface area contributed by atoms with Gasteiger partial charge in [-0.25, -0.2) is 17.5 Å². The lowest BCUT2D eigenvalue weighted by Gasteiger charge is -2.01. The van der Waals surface area contributed by atoms with Gasteiger partial charge in [0.25, 0.3) is 0 Å². The lowest BCUT2D eigenvalue weighted by atomic mass is 10.3. The molecule has 92 valence electrons. The van der Waals surface area contributed by atoms with Crippen molar-refractivity contribution < 1.29 is 12.8 Å². The minimum absolute atomic E-state index is 0.0346. The molecule has 8 heteroatoms. The third-order valence-corrected chi connectivity index (χ3v) is 3.44. The highest BCUT2D eigenvalue weighted by Gasteiger charge is 2.11. The van der Waals surface area contributed by atoms with Crippen LogP contribution in [0.15, 0.2) is 12.1 Å². The molecule has 0 atom stereocenters. The second kappa shape index (κ2) is 4.23. The fraction of sp³-hybridized carbons (Fsp3) is 0.333. The van der Waals surface area contributed by atoms with Crippen molar-refractivity contribution in [3.8, 4) is 0 Å². The molecule has 0 unspecified atom stereocenters. The molecule has 0 radical (unpaired) electrons. The normalized spacial score (nSPS) is 12.2. The number of fused-ring (bicyclic) bond motifs is 1. The molecule has 0 fully saturated rings. The molecule has 1 heterocycles.